The average Bonchev–Trinajstić information content (AvgIpc) is 3.38. The van der Waals surface area contributed by atoms with Crippen LogP contribution < -0.4 is 4.74 Å². The highest BCUT2D eigenvalue weighted by Crippen LogP contribution is 2.34. The summed E-state index contributed by atoms with van der Waals surface area (Å²) in [5.74, 6) is 1.63. The molecule has 2 aromatic carbocycles. The van der Waals surface area contributed by atoms with Crippen LogP contribution in [0.3, 0.4) is 0 Å². The molecular weight excluding hydrogens is 474 g/mol. The number of nitrogens with zero attached hydrogens (tertiary/aromatic N) is 3. The van der Waals surface area contributed by atoms with Gasteiger partial charge in [0.25, 0.3) is 0 Å². The predicted octanol–water partition coefficient (Wildman–Crippen LogP) is 3.68. The molecule has 1 aliphatic heterocycles. The lowest BCUT2D eigenvalue weighted by Gasteiger charge is -2.18. The molecule has 0 spiro atoms. The molecule has 182 valence electrons. The van der Waals surface area contributed by atoms with Crippen molar-refractivity contribution in [2.45, 2.75) is 31.2 Å². The number of carboxylic acid groups (broad SMARTS) is 1. The second-order valence-corrected chi connectivity index (χ2v) is 11.7. The van der Waals surface area contributed by atoms with E-state index in [1.165, 1.54) is 4.31 Å². The summed E-state index contributed by atoms with van der Waals surface area (Å²) >= 11 is 1.79. The van der Waals surface area contributed by atoms with Gasteiger partial charge in [0.2, 0.25) is 10.0 Å². The van der Waals surface area contributed by atoms with E-state index in [4.69, 9.17) is 4.74 Å². The summed E-state index contributed by atoms with van der Waals surface area (Å²) in [5.41, 5.74) is 1.31. The molecule has 0 bridgehead atoms. The van der Waals surface area contributed by atoms with E-state index in [-0.39, 0.29) is 29.8 Å². The van der Waals surface area contributed by atoms with Gasteiger partial charge in [-0.05, 0) is 42.0 Å². The summed E-state index contributed by atoms with van der Waals surface area (Å²) in [7, 11) is -3.69. The maximum absolute atomic E-state index is 13.4. The van der Waals surface area contributed by atoms with Crippen LogP contribution in [-0.4, -0.2) is 64.8 Å². The maximum atomic E-state index is 13.4. The van der Waals surface area contributed by atoms with Crippen LogP contribution >= 0.6 is 11.8 Å². The highest BCUT2D eigenvalue weighted by atomic mass is 32.2. The van der Waals surface area contributed by atoms with Crippen LogP contribution in [-0.2, 0) is 21.2 Å². The second kappa shape index (κ2) is 10.4. The molecule has 1 fully saturated rings. The molecule has 4 rings (SSSR count). The fourth-order valence-corrected chi connectivity index (χ4v) is 6.37. The van der Waals surface area contributed by atoms with Gasteiger partial charge >= 0.3 is 5.97 Å². The normalized spacial score (nSPS) is 19.0. The summed E-state index contributed by atoms with van der Waals surface area (Å²) in [6, 6.07) is 13.9. The SMILES string of the molecule is CCSCCOc1ccc(S(=O)(=O)N2C[C@@H](C)[C@@H](n3nc(CC(=O)O)c4ccccc43)C2)cc1. The first-order chi connectivity index (χ1) is 16.3. The number of carbonyl (C=O) groups is 1. The quantitative estimate of drug-likeness (QED) is 0.421. The fraction of sp³-hybridized carbons (Fsp3) is 0.417. The zero-order chi connectivity index (χ0) is 24.3. The van der Waals surface area contributed by atoms with Crippen molar-refractivity contribution < 1.29 is 23.1 Å². The first-order valence-electron chi connectivity index (χ1n) is 11.3. The van der Waals surface area contributed by atoms with Crippen molar-refractivity contribution in [2.24, 2.45) is 5.92 Å². The topological polar surface area (TPSA) is 102 Å². The zero-order valence-electron chi connectivity index (χ0n) is 19.3. The lowest BCUT2D eigenvalue weighted by molar-refractivity contribution is -0.136. The number of carboxylic acids is 1. The number of rotatable bonds is 10. The van der Waals surface area contributed by atoms with Crippen LogP contribution in [0.25, 0.3) is 10.9 Å². The number of thioether (sulfide) groups is 1. The Morgan fingerprint density at radius 2 is 1.91 bits per heavy atom. The van der Waals surface area contributed by atoms with Gasteiger partial charge in [0.1, 0.15) is 5.75 Å². The molecule has 3 aromatic rings. The number of ether oxygens (including phenoxy) is 1. The molecule has 8 nitrogen and oxygen atoms in total. The minimum Gasteiger partial charge on any atom is -0.493 e. The Morgan fingerprint density at radius 3 is 2.62 bits per heavy atom. The van der Waals surface area contributed by atoms with Gasteiger partial charge in [-0.1, -0.05) is 32.0 Å². The van der Waals surface area contributed by atoms with Crippen LogP contribution in [0.15, 0.2) is 53.4 Å². The van der Waals surface area contributed by atoms with Gasteiger partial charge < -0.3 is 9.84 Å². The Hall–Kier alpha value is -2.56. The Balaban J connectivity index is 1.53. The molecule has 2 heterocycles. The van der Waals surface area contributed by atoms with Gasteiger partial charge in [-0.3, -0.25) is 9.48 Å². The highest BCUT2D eigenvalue weighted by molar-refractivity contribution is 7.99. The number of hydrogen-bond donors (Lipinski definition) is 1. The molecule has 0 radical (unpaired) electrons. The van der Waals surface area contributed by atoms with Crippen LogP contribution in [0, 0.1) is 5.92 Å². The van der Waals surface area contributed by atoms with Crippen LogP contribution in [0.1, 0.15) is 25.6 Å². The van der Waals surface area contributed by atoms with Crippen molar-refractivity contribution >= 4 is 38.7 Å². The molecule has 0 aliphatic carbocycles. The van der Waals surface area contributed by atoms with Crippen molar-refractivity contribution in [1.29, 1.82) is 0 Å². The molecule has 1 N–H and O–H groups in total. The monoisotopic (exact) mass is 503 g/mol. The minimum absolute atomic E-state index is 0.00873. The Morgan fingerprint density at radius 1 is 1.18 bits per heavy atom. The standard InChI is InChI=1S/C24H29N3O5S2/c1-3-33-13-12-32-18-8-10-19(11-9-18)34(30,31)26-15-17(2)23(16-26)27-22-7-5-4-6-20(22)21(25-27)14-24(28)29/h4-11,17,23H,3,12-16H2,1-2H3,(H,28,29)/t17-,23+/m1/s1. The van der Waals surface area contributed by atoms with Gasteiger partial charge in [-0.25, -0.2) is 8.42 Å². The third kappa shape index (κ3) is 5.08. The number of aromatic nitrogens is 2. The Bertz CT molecular complexity index is 1260. The van der Waals surface area contributed by atoms with Crippen LogP contribution in [0.5, 0.6) is 5.75 Å². The molecule has 34 heavy (non-hydrogen) atoms. The van der Waals surface area contributed by atoms with Crippen molar-refractivity contribution in [3.8, 4) is 5.75 Å². The number of fused-ring (bicyclic) bond motifs is 1. The smallest absolute Gasteiger partial charge is 0.309 e. The summed E-state index contributed by atoms with van der Waals surface area (Å²) in [6.07, 6.45) is -0.178. The maximum Gasteiger partial charge on any atom is 0.309 e. The van der Waals surface area contributed by atoms with E-state index in [0.29, 0.717) is 24.6 Å². The van der Waals surface area contributed by atoms with E-state index in [2.05, 4.69) is 12.0 Å². The number of para-hydroxylation sites is 1. The largest absolute Gasteiger partial charge is 0.493 e. The van der Waals surface area contributed by atoms with E-state index in [0.717, 1.165) is 22.4 Å². The summed E-state index contributed by atoms with van der Waals surface area (Å²) in [4.78, 5) is 11.5. The van der Waals surface area contributed by atoms with Gasteiger partial charge in [0, 0.05) is 24.2 Å². The van der Waals surface area contributed by atoms with E-state index < -0.39 is 16.0 Å². The lowest BCUT2D eigenvalue weighted by atomic mass is 10.1. The van der Waals surface area contributed by atoms with E-state index in [1.54, 1.807) is 40.7 Å². The number of sulfonamides is 1. The van der Waals surface area contributed by atoms with Crippen molar-refractivity contribution in [3.05, 3.63) is 54.2 Å². The van der Waals surface area contributed by atoms with E-state index in [9.17, 15) is 18.3 Å². The average molecular weight is 504 g/mol. The Labute approximate surface area is 203 Å². The Kier molecular flexibility index (Phi) is 7.49. The molecule has 2 atom stereocenters. The first kappa shape index (κ1) is 24.6. The second-order valence-electron chi connectivity index (χ2n) is 8.36. The minimum atomic E-state index is -3.69. The third-order valence-electron chi connectivity index (χ3n) is 6.02. The molecule has 1 aromatic heterocycles. The number of aliphatic carboxylic acids is 1. The molecule has 10 heteroatoms. The molecule has 0 saturated carbocycles. The van der Waals surface area contributed by atoms with Crippen molar-refractivity contribution in [3.63, 3.8) is 0 Å². The molecule has 0 amide bonds. The van der Waals surface area contributed by atoms with Crippen molar-refractivity contribution in [2.75, 3.05) is 31.2 Å². The van der Waals surface area contributed by atoms with Crippen LogP contribution in [0.4, 0.5) is 0 Å². The molecular formula is C24H29N3O5S2. The third-order valence-corrected chi connectivity index (χ3v) is 8.73. The van der Waals surface area contributed by atoms with Gasteiger partial charge in [-0.15, -0.1) is 0 Å². The van der Waals surface area contributed by atoms with Crippen LogP contribution in [0.2, 0.25) is 0 Å². The van der Waals surface area contributed by atoms with Crippen molar-refractivity contribution in [1.82, 2.24) is 14.1 Å². The van der Waals surface area contributed by atoms with E-state index >= 15 is 0 Å². The molecule has 0 unspecified atom stereocenters. The summed E-state index contributed by atoms with van der Waals surface area (Å²) in [6.45, 7) is 5.31. The first-order valence-corrected chi connectivity index (χ1v) is 13.9. The summed E-state index contributed by atoms with van der Waals surface area (Å²) in [5, 5.41) is 14.7. The predicted molar refractivity (Wildman–Crippen MR) is 133 cm³/mol. The summed E-state index contributed by atoms with van der Waals surface area (Å²) < 4.78 is 35.7. The lowest BCUT2D eigenvalue weighted by Crippen LogP contribution is -2.29. The van der Waals surface area contributed by atoms with E-state index in [1.807, 2.05) is 31.2 Å². The molecule has 1 aliphatic rings. The number of benzene rings is 2. The fourth-order valence-electron chi connectivity index (χ4n) is 4.32. The zero-order valence-corrected chi connectivity index (χ0v) is 20.9. The molecule has 1 saturated heterocycles. The highest BCUT2D eigenvalue weighted by Gasteiger charge is 2.39. The van der Waals surface area contributed by atoms with Gasteiger partial charge in [-0.2, -0.15) is 21.2 Å². The van der Waals surface area contributed by atoms with Gasteiger partial charge in [0.05, 0.1) is 35.2 Å². The number of hydrogen-bond acceptors (Lipinski definition) is 6. The van der Waals surface area contributed by atoms with Gasteiger partial charge in [0.15, 0.2) is 0 Å².